The molecule has 0 bridgehead atoms. The van der Waals surface area contributed by atoms with Crippen LogP contribution in [0.2, 0.25) is 0 Å². The summed E-state index contributed by atoms with van der Waals surface area (Å²) in [6.45, 7) is 1.90. The van der Waals surface area contributed by atoms with E-state index in [1.165, 1.54) is 0 Å². The fourth-order valence-electron chi connectivity index (χ4n) is 2.32. The molecular weight excluding hydrogens is 264 g/mol. The third kappa shape index (κ3) is 4.11. The molecule has 1 unspecified atom stereocenters. The molecule has 1 aliphatic heterocycles. The number of rotatable bonds is 4. The van der Waals surface area contributed by atoms with Gasteiger partial charge in [-0.2, -0.15) is 0 Å². The number of nitrogens with one attached hydrogen (secondary N) is 1. The van der Waals surface area contributed by atoms with Gasteiger partial charge in [-0.05, 0) is 37.1 Å². The second-order valence-electron chi connectivity index (χ2n) is 4.87. The van der Waals surface area contributed by atoms with E-state index in [1.54, 1.807) is 19.2 Å². The molecular formula is C13H20N2O3S. The molecule has 0 amide bonds. The number of anilines is 2. The summed E-state index contributed by atoms with van der Waals surface area (Å²) in [5.41, 5.74) is 1.69. The first-order chi connectivity index (χ1) is 8.98. The molecule has 1 fully saturated rings. The van der Waals surface area contributed by atoms with Crippen LogP contribution in [0.15, 0.2) is 24.3 Å². The zero-order chi connectivity index (χ0) is 13.9. The number of nitrogens with zero attached hydrogens (tertiary/aromatic N) is 1. The van der Waals surface area contributed by atoms with Crippen molar-refractivity contribution < 1.29 is 13.2 Å². The largest absolute Gasteiger partial charge is 0.380 e. The van der Waals surface area contributed by atoms with Gasteiger partial charge in [0.2, 0.25) is 10.0 Å². The fourth-order valence-corrected chi connectivity index (χ4v) is 2.88. The number of hydrogen-bond donors (Lipinski definition) is 1. The highest BCUT2D eigenvalue weighted by atomic mass is 32.2. The Morgan fingerprint density at radius 3 is 2.58 bits per heavy atom. The molecule has 106 valence electrons. The average molecular weight is 284 g/mol. The van der Waals surface area contributed by atoms with Crippen molar-refractivity contribution in [1.29, 1.82) is 0 Å². The van der Waals surface area contributed by atoms with Crippen molar-refractivity contribution in [2.75, 3.05) is 36.1 Å². The first-order valence-corrected chi connectivity index (χ1v) is 8.22. The molecule has 0 spiro atoms. The van der Waals surface area contributed by atoms with E-state index >= 15 is 0 Å². The van der Waals surface area contributed by atoms with Crippen LogP contribution in [0.5, 0.6) is 0 Å². The molecule has 2 rings (SSSR count). The topological polar surface area (TPSA) is 58.6 Å². The van der Waals surface area contributed by atoms with Crippen LogP contribution >= 0.6 is 0 Å². The average Bonchev–Trinajstić information content (AvgIpc) is 2.38. The summed E-state index contributed by atoms with van der Waals surface area (Å²) in [5.74, 6) is 0. The van der Waals surface area contributed by atoms with E-state index in [0.29, 0.717) is 5.69 Å². The Bertz CT molecular complexity index is 513. The van der Waals surface area contributed by atoms with Gasteiger partial charge < -0.3 is 9.64 Å². The van der Waals surface area contributed by atoms with Crippen LogP contribution in [0, 0.1) is 0 Å². The van der Waals surface area contributed by atoms with Crippen molar-refractivity contribution in [3.63, 3.8) is 0 Å². The molecule has 19 heavy (non-hydrogen) atoms. The van der Waals surface area contributed by atoms with Gasteiger partial charge >= 0.3 is 0 Å². The first kappa shape index (κ1) is 14.1. The molecule has 1 aliphatic rings. The minimum atomic E-state index is -3.21. The SMILES string of the molecule is COC1CCCN(c2ccc(NS(C)(=O)=O)cc2)C1. The Hall–Kier alpha value is -1.27. The molecule has 0 radical (unpaired) electrons. The maximum Gasteiger partial charge on any atom is 0.229 e. The molecule has 0 saturated carbocycles. The highest BCUT2D eigenvalue weighted by molar-refractivity contribution is 7.92. The zero-order valence-corrected chi connectivity index (χ0v) is 12.1. The minimum Gasteiger partial charge on any atom is -0.380 e. The summed E-state index contributed by atoms with van der Waals surface area (Å²) in [6, 6.07) is 7.44. The zero-order valence-electron chi connectivity index (χ0n) is 11.3. The van der Waals surface area contributed by atoms with Gasteiger partial charge in [0.05, 0.1) is 12.4 Å². The minimum absolute atomic E-state index is 0.280. The number of piperidine rings is 1. The van der Waals surface area contributed by atoms with Crippen LogP contribution in [0.4, 0.5) is 11.4 Å². The molecule has 1 aromatic rings. The van der Waals surface area contributed by atoms with E-state index in [1.807, 2.05) is 12.1 Å². The van der Waals surface area contributed by atoms with Gasteiger partial charge in [-0.25, -0.2) is 8.42 Å². The van der Waals surface area contributed by atoms with E-state index in [-0.39, 0.29) is 6.10 Å². The van der Waals surface area contributed by atoms with Gasteiger partial charge in [0.1, 0.15) is 0 Å². The lowest BCUT2D eigenvalue weighted by Gasteiger charge is -2.33. The van der Waals surface area contributed by atoms with Crippen LogP contribution in [0.3, 0.4) is 0 Å². The van der Waals surface area contributed by atoms with Crippen LogP contribution < -0.4 is 9.62 Å². The summed E-state index contributed by atoms with van der Waals surface area (Å²) in [4.78, 5) is 2.27. The van der Waals surface area contributed by atoms with Gasteiger partial charge in [-0.1, -0.05) is 0 Å². The third-order valence-electron chi connectivity index (χ3n) is 3.25. The number of hydrogen-bond acceptors (Lipinski definition) is 4. The Labute approximate surface area is 114 Å². The molecule has 6 heteroatoms. The van der Waals surface area contributed by atoms with Gasteiger partial charge in [0.25, 0.3) is 0 Å². The van der Waals surface area contributed by atoms with Gasteiger partial charge in [0, 0.05) is 31.6 Å². The summed E-state index contributed by atoms with van der Waals surface area (Å²) in [7, 11) is -1.47. The molecule has 0 aromatic heterocycles. The third-order valence-corrected chi connectivity index (χ3v) is 3.85. The smallest absolute Gasteiger partial charge is 0.229 e. The Morgan fingerprint density at radius 1 is 1.32 bits per heavy atom. The maximum atomic E-state index is 11.1. The molecule has 0 aliphatic carbocycles. The van der Waals surface area contributed by atoms with Crippen LogP contribution in [0.1, 0.15) is 12.8 Å². The predicted octanol–water partition coefficient (Wildman–Crippen LogP) is 1.67. The van der Waals surface area contributed by atoms with Crippen LogP contribution in [-0.2, 0) is 14.8 Å². The Morgan fingerprint density at radius 2 is 2.00 bits per heavy atom. The fraction of sp³-hybridized carbons (Fsp3) is 0.538. The van der Waals surface area contributed by atoms with E-state index < -0.39 is 10.0 Å². The quantitative estimate of drug-likeness (QED) is 0.914. The number of ether oxygens (including phenoxy) is 1. The lowest BCUT2D eigenvalue weighted by atomic mass is 10.1. The standard InChI is InChI=1S/C13H20N2O3S/c1-18-13-4-3-9-15(10-13)12-7-5-11(6-8-12)14-19(2,16)17/h5-8,13-14H,3-4,9-10H2,1-2H3. The summed E-state index contributed by atoms with van der Waals surface area (Å²) >= 11 is 0. The molecule has 1 atom stereocenters. The number of sulfonamides is 1. The molecule has 1 aromatic carbocycles. The highest BCUT2D eigenvalue weighted by Gasteiger charge is 2.19. The highest BCUT2D eigenvalue weighted by Crippen LogP contribution is 2.23. The maximum absolute atomic E-state index is 11.1. The second-order valence-corrected chi connectivity index (χ2v) is 6.62. The van der Waals surface area contributed by atoms with Gasteiger partial charge in [-0.15, -0.1) is 0 Å². The van der Waals surface area contributed by atoms with E-state index in [2.05, 4.69) is 9.62 Å². The predicted molar refractivity (Wildman–Crippen MR) is 77.2 cm³/mol. The van der Waals surface area contributed by atoms with Crippen molar-refractivity contribution in [1.82, 2.24) is 0 Å². The summed E-state index contributed by atoms with van der Waals surface area (Å²) in [6.07, 6.45) is 3.64. The van der Waals surface area contributed by atoms with E-state index in [0.717, 1.165) is 37.9 Å². The summed E-state index contributed by atoms with van der Waals surface area (Å²) < 4.78 is 30.1. The normalized spacial score (nSPS) is 20.3. The Balaban J connectivity index is 2.05. The van der Waals surface area contributed by atoms with Gasteiger partial charge in [-0.3, -0.25) is 4.72 Å². The number of methoxy groups -OCH3 is 1. The van der Waals surface area contributed by atoms with E-state index in [9.17, 15) is 8.42 Å². The second kappa shape index (κ2) is 5.79. The van der Waals surface area contributed by atoms with Gasteiger partial charge in [0.15, 0.2) is 0 Å². The first-order valence-electron chi connectivity index (χ1n) is 6.33. The Kier molecular flexibility index (Phi) is 4.31. The molecule has 1 saturated heterocycles. The summed E-state index contributed by atoms with van der Waals surface area (Å²) in [5, 5.41) is 0. The van der Waals surface area contributed by atoms with Crippen LogP contribution in [-0.4, -0.2) is 41.0 Å². The lowest BCUT2D eigenvalue weighted by Crippen LogP contribution is -2.39. The number of benzene rings is 1. The van der Waals surface area contributed by atoms with Crippen LogP contribution in [0.25, 0.3) is 0 Å². The van der Waals surface area contributed by atoms with E-state index in [4.69, 9.17) is 4.74 Å². The molecule has 5 nitrogen and oxygen atoms in total. The van der Waals surface area contributed by atoms with Crippen molar-refractivity contribution >= 4 is 21.4 Å². The monoisotopic (exact) mass is 284 g/mol. The van der Waals surface area contributed by atoms with Crippen molar-refractivity contribution in [3.05, 3.63) is 24.3 Å². The van der Waals surface area contributed by atoms with Crippen molar-refractivity contribution in [3.8, 4) is 0 Å². The lowest BCUT2D eigenvalue weighted by molar-refractivity contribution is 0.0893. The molecule has 1 N–H and O–H groups in total. The van der Waals surface area contributed by atoms with Crippen molar-refractivity contribution in [2.24, 2.45) is 0 Å². The molecule has 1 heterocycles. The van der Waals surface area contributed by atoms with Crippen molar-refractivity contribution in [2.45, 2.75) is 18.9 Å².